The van der Waals surface area contributed by atoms with Crippen molar-refractivity contribution in [3.63, 3.8) is 0 Å². The zero-order chi connectivity index (χ0) is 15.2. The minimum absolute atomic E-state index is 0.00585. The van der Waals surface area contributed by atoms with Gasteiger partial charge in [0.15, 0.2) is 0 Å². The Morgan fingerprint density at radius 1 is 1.19 bits per heavy atom. The number of carbonyl (C=O) groups is 1. The Morgan fingerprint density at radius 3 is 2.67 bits per heavy atom. The molecule has 0 aromatic heterocycles. The van der Waals surface area contributed by atoms with Gasteiger partial charge in [0.05, 0.1) is 0 Å². The highest BCUT2D eigenvalue weighted by atomic mass is 79.9. The van der Waals surface area contributed by atoms with Crippen LogP contribution in [-0.2, 0) is 0 Å². The molecule has 1 N–H and O–H groups in total. The lowest BCUT2D eigenvalue weighted by Crippen LogP contribution is -2.24. The Labute approximate surface area is 142 Å². The largest absolute Gasteiger partial charge is 0.352 e. The molecule has 0 aliphatic carbocycles. The zero-order valence-corrected chi connectivity index (χ0v) is 15.2. The van der Waals surface area contributed by atoms with E-state index in [0.717, 1.165) is 45.5 Å². The van der Waals surface area contributed by atoms with Gasteiger partial charge in [-0.15, -0.1) is 0 Å². The first kappa shape index (κ1) is 16.5. The molecule has 2 aromatic rings. The number of hydrogen-bond donors (Lipinski definition) is 1. The van der Waals surface area contributed by atoms with Gasteiger partial charge < -0.3 is 5.32 Å². The Hall–Kier alpha value is -0.870. The van der Waals surface area contributed by atoms with E-state index in [1.54, 1.807) is 0 Å². The van der Waals surface area contributed by atoms with E-state index in [0.29, 0.717) is 5.92 Å². The van der Waals surface area contributed by atoms with Gasteiger partial charge in [0, 0.05) is 21.9 Å². The van der Waals surface area contributed by atoms with Crippen molar-refractivity contribution in [2.45, 2.75) is 19.8 Å². The van der Waals surface area contributed by atoms with Crippen LogP contribution >= 0.6 is 31.9 Å². The van der Waals surface area contributed by atoms with E-state index >= 15 is 0 Å². The average Bonchev–Trinajstić information content (AvgIpc) is 2.50. The first-order chi connectivity index (χ1) is 10.1. The third-order valence-electron chi connectivity index (χ3n) is 3.49. The summed E-state index contributed by atoms with van der Waals surface area (Å²) >= 11 is 6.93. The molecule has 0 bridgehead atoms. The molecule has 1 atom stereocenters. The molecule has 1 unspecified atom stereocenters. The van der Waals surface area contributed by atoms with E-state index in [1.807, 2.05) is 30.3 Å². The molecule has 112 valence electrons. The first-order valence-electron chi connectivity index (χ1n) is 7.13. The van der Waals surface area contributed by atoms with E-state index in [1.165, 1.54) is 0 Å². The highest BCUT2D eigenvalue weighted by Crippen LogP contribution is 2.21. The first-order valence-corrected chi connectivity index (χ1v) is 9.05. The molecule has 4 heteroatoms. The van der Waals surface area contributed by atoms with Crippen LogP contribution in [0.3, 0.4) is 0 Å². The van der Waals surface area contributed by atoms with Crippen molar-refractivity contribution in [2.75, 3.05) is 11.9 Å². The molecule has 0 saturated heterocycles. The van der Waals surface area contributed by atoms with Crippen LogP contribution < -0.4 is 5.32 Å². The molecule has 0 saturated carbocycles. The minimum atomic E-state index is 0.00585. The Bertz CT molecular complexity index is 627. The Morgan fingerprint density at radius 2 is 1.90 bits per heavy atom. The standard InChI is InChI=1S/C17H19Br2NO/c1-12(11-18)3-2-8-20-17(21)15-5-4-14-10-16(19)7-6-13(14)9-15/h4-7,9-10,12H,2-3,8,11H2,1H3,(H,20,21). The van der Waals surface area contributed by atoms with Crippen molar-refractivity contribution in [2.24, 2.45) is 5.92 Å². The summed E-state index contributed by atoms with van der Waals surface area (Å²) in [4.78, 5) is 12.1. The van der Waals surface area contributed by atoms with E-state index in [4.69, 9.17) is 0 Å². The number of amides is 1. The van der Waals surface area contributed by atoms with Gasteiger partial charge in [-0.25, -0.2) is 0 Å². The summed E-state index contributed by atoms with van der Waals surface area (Å²) in [7, 11) is 0. The van der Waals surface area contributed by atoms with Crippen LogP contribution in [0.5, 0.6) is 0 Å². The molecule has 2 rings (SSSR count). The van der Waals surface area contributed by atoms with Crippen LogP contribution in [0.1, 0.15) is 30.1 Å². The van der Waals surface area contributed by atoms with E-state index in [9.17, 15) is 4.79 Å². The number of fused-ring (bicyclic) bond motifs is 1. The fourth-order valence-electron chi connectivity index (χ4n) is 2.19. The maximum atomic E-state index is 12.1. The van der Waals surface area contributed by atoms with Crippen LogP contribution in [0.25, 0.3) is 10.8 Å². The van der Waals surface area contributed by atoms with Gasteiger partial charge >= 0.3 is 0 Å². The number of halogens is 2. The number of hydrogen-bond acceptors (Lipinski definition) is 1. The number of nitrogens with one attached hydrogen (secondary N) is 1. The molecule has 21 heavy (non-hydrogen) atoms. The predicted molar refractivity (Wildman–Crippen MR) is 96.2 cm³/mol. The lowest BCUT2D eigenvalue weighted by atomic mass is 10.1. The summed E-state index contributed by atoms with van der Waals surface area (Å²) in [6.07, 6.45) is 2.14. The van der Waals surface area contributed by atoms with Gasteiger partial charge in [0.1, 0.15) is 0 Å². The van der Waals surface area contributed by atoms with Crippen LogP contribution in [0.15, 0.2) is 40.9 Å². The van der Waals surface area contributed by atoms with Crippen molar-refractivity contribution in [3.8, 4) is 0 Å². The zero-order valence-electron chi connectivity index (χ0n) is 12.0. The molecule has 2 aromatic carbocycles. The summed E-state index contributed by atoms with van der Waals surface area (Å²) in [5, 5.41) is 6.22. The fourth-order valence-corrected chi connectivity index (χ4v) is 2.89. The third-order valence-corrected chi connectivity index (χ3v) is 5.09. The van der Waals surface area contributed by atoms with Crippen LogP contribution in [0.4, 0.5) is 0 Å². The normalized spacial score (nSPS) is 12.3. The summed E-state index contributed by atoms with van der Waals surface area (Å²) in [5.41, 5.74) is 0.721. The average molecular weight is 413 g/mol. The summed E-state index contributed by atoms with van der Waals surface area (Å²) in [6, 6.07) is 11.9. The third kappa shape index (κ3) is 4.82. The van der Waals surface area contributed by atoms with Crippen molar-refractivity contribution in [3.05, 3.63) is 46.4 Å². The van der Waals surface area contributed by atoms with Gasteiger partial charge in [-0.05, 0) is 53.8 Å². The second kappa shape index (κ2) is 7.95. The van der Waals surface area contributed by atoms with Gasteiger partial charge in [-0.2, -0.15) is 0 Å². The van der Waals surface area contributed by atoms with Gasteiger partial charge in [-0.3, -0.25) is 4.79 Å². The number of carbonyl (C=O) groups excluding carboxylic acids is 1. The monoisotopic (exact) mass is 411 g/mol. The van der Waals surface area contributed by atoms with Crippen LogP contribution in [-0.4, -0.2) is 17.8 Å². The molecule has 0 heterocycles. The second-order valence-electron chi connectivity index (χ2n) is 5.36. The Balaban J connectivity index is 1.95. The van der Waals surface area contributed by atoms with Crippen LogP contribution in [0, 0.1) is 5.92 Å². The topological polar surface area (TPSA) is 29.1 Å². The molecular formula is C17H19Br2NO. The number of alkyl halides is 1. The summed E-state index contributed by atoms with van der Waals surface area (Å²) in [5.74, 6) is 0.660. The second-order valence-corrected chi connectivity index (χ2v) is 6.93. The Kier molecular flexibility index (Phi) is 6.24. The molecule has 0 aliphatic heterocycles. The van der Waals surface area contributed by atoms with Gasteiger partial charge in [0.2, 0.25) is 0 Å². The maximum absolute atomic E-state index is 12.1. The predicted octanol–water partition coefficient (Wildman–Crippen LogP) is 5.14. The molecule has 1 amide bonds. The molecule has 0 fully saturated rings. The number of rotatable bonds is 6. The van der Waals surface area contributed by atoms with Crippen molar-refractivity contribution >= 4 is 48.5 Å². The molecule has 2 nitrogen and oxygen atoms in total. The maximum Gasteiger partial charge on any atom is 0.251 e. The van der Waals surface area contributed by atoms with E-state index < -0.39 is 0 Å². The highest BCUT2D eigenvalue weighted by molar-refractivity contribution is 9.10. The van der Waals surface area contributed by atoms with Crippen molar-refractivity contribution in [1.82, 2.24) is 5.32 Å². The molecule has 0 radical (unpaired) electrons. The lowest BCUT2D eigenvalue weighted by Gasteiger charge is -2.09. The molecule has 0 spiro atoms. The van der Waals surface area contributed by atoms with Gasteiger partial charge in [0.25, 0.3) is 5.91 Å². The fraction of sp³-hybridized carbons (Fsp3) is 0.353. The molecule has 0 aliphatic rings. The summed E-state index contributed by atoms with van der Waals surface area (Å²) < 4.78 is 1.05. The van der Waals surface area contributed by atoms with Crippen LogP contribution in [0.2, 0.25) is 0 Å². The molecular weight excluding hydrogens is 394 g/mol. The van der Waals surface area contributed by atoms with Crippen molar-refractivity contribution in [1.29, 1.82) is 0 Å². The van der Waals surface area contributed by atoms with Gasteiger partial charge in [-0.1, -0.05) is 50.9 Å². The van der Waals surface area contributed by atoms with E-state index in [2.05, 4.69) is 50.2 Å². The quantitative estimate of drug-likeness (QED) is 0.516. The SMILES string of the molecule is CC(CBr)CCCNC(=O)c1ccc2cc(Br)ccc2c1. The van der Waals surface area contributed by atoms with E-state index in [-0.39, 0.29) is 5.91 Å². The highest BCUT2D eigenvalue weighted by Gasteiger charge is 2.06. The minimum Gasteiger partial charge on any atom is -0.352 e. The summed E-state index contributed by atoms with van der Waals surface area (Å²) in [6.45, 7) is 2.94. The lowest BCUT2D eigenvalue weighted by molar-refractivity contribution is 0.0952. The number of benzene rings is 2. The smallest absolute Gasteiger partial charge is 0.251 e. The van der Waals surface area contributed by atoms with Crippen molar-refractivity contribution < 1.29 is 4.79 Å².